The smallest absolute Gasteiger partial charge is 0.243 e. The van der Waals surface area contributed by atoms with Crippen LogP contribution in [-0.2, 0) is 16.0 Å². The Balaban J connectivity index is 2.09. The third kappa shape index (κ3) is 6.71. The number of hydrogen-bond acceptors (Lipinski definition) is 3. The van der Waals surface area contributed by atoms with Gasteiger partial charge in [-0.2, -0.15) is 0 Å². The van der Waals surface area contributed by atoms with Crippen LogP contribution in [0.2, 0.25) is 0 Å². The Labute approximate surface area is 102 Å². The van der Waals surface area contributed by atoms with E-state index in [-0.39, 0.29) is 6.61 Å². The summed E-state index contributed by atoms with van der Waals surface area (Å²) in [4.78, 5) is 10.4. The molecule has 0 aliphatic carbocycles. The molecular formula is C13H20N2O2. The van der Waals surface area contributed by atoms with E-state index in [1.807, 2.05) is 18.2 Å². The lowest BCUT2D eigenvalue weighted by atomic mass is 10.1. The maximum absolute atomic E-state index is 10.4. The first-order valence-electron chi connectivity index (χ1n) is 5.82. The van der Waals surface area contributed by atoms with Gasteiger partial charge in [0, 0.05) is 12.6 Å². The van der Waals surface area contributed by atoms with Crippen molar-refractivity contribution in [3.05, 3.63) is 35.9 Å². The second-order valence-electron chi connectivity index (χ2n) is 4.06. The van der Waals surface area contributed by atoms with Crippen LogP contribution in [0.1, 0.15) is 12.5 Å². The molecule has 1 rings (SSSR count). The first kappa shape index (κ1) is 13.7. The third-order valence-corrected chi connectivity index (χ3v) is 2.37. The zero-order chi connectivity index (χ0) is 12.5. The zero-order valence-corrected chi connectivity index (χ0v) is 10.2. The minimum absolute atomic E-state index is 0.00521. The van der Waals surface area contributed by atoms with Gasteiger partial charge in [-0.25, -0.2) is 0 Å². The number of carbonyl (C=O) groups excluding carboxylic acids is 1. The van der Waals surface area contributed by atoms with E-state index in [1.54, 1.807) is 0 Å². The molecule has 0 radical (unpaired) electrons. The van der Waals surface area contributed by atoms with E-state index in [4.69, 9.17) is 10.5 Å². The number of amides is 1. The molecule has 1 atom stereocenters. The predicted molar refractivity (Wildman–Crippen MR) is 67.6 cm³/mol. The Morgan fingerprint density at radius 1 is 1.41 bits per heavy atom. The molecule has 0 aliphatic rings. The largest absolute Gasteiger partial charge is 0.370 e. The average molecular weight is 236 g/mol. The van der Waals surface area contributed by atoms with Crippen LogP contribution in [-0.4, -0.2) is 31.7 Å². The first-order chi connectivity index (χ1) is 8.18. The molecule has 0 fully saturated rings. The van der Waals surface area contributed by atoms with Gasteiger partial charge in [-0.1, -0.05) is 30.3 Å². The van der Waals surface area contributed by atoms with Gasteiger partial charge >= 0.3 is 0 Å². The van der Waals surface area contributed by atoms with Crippen molar-refractivity contribution in [1.29, 1.82) is 0 Å². The van der Waals surface area contributed by atoms with E-state index >= 15 is 0 Å². The average Bonchev–Trinajstić information content (AvgIpc) is 2.29. The molecule has 0 saturated carbocycles. The van der Waals surface area contributed by atoms with Gasteiger partial charge in [0.05, 0.1) is 6.61 Å². The van der Waals surface area contributed by atoms with E-state index in [1.165, 1.54) is 5.56 Å². The number of nitrogens with one attached hydrogen (secondary N) is 1. The van der Waals surface area contributed by atoms with Crippen molar-refractivity contribution < 1.29 is 9.53 Å². The number of nitrogens with two attached hydrogens (primary N) is 1. The highest BCUT2D eigenvalue weighted by Crippen LogP contribution is 2.02. The zero-order valence-electron chi connectivity index (χ0n) is 10.2. The van der Waals surface area contributed by atoms with Crippen LogP contribution in [0, 0.1) is 0 Å². The second-order valence-corrected chi connectivity index (χ2v) is 4.06. The van der Waals surface area contributed by atoms with E-state index in [0.717, 1.165) is 13.0 Å². The summed E-state index contributed by atoms with van der Waals surface area (Å²) in [5.41, 5.74) is 6.26. The predicted octanol–water partition coefficient (Wildman–Crippen LogP) is 0.709. The van der Waals surface area contributed by atoms with Crippen LogP contribution in [0.25, 0.3) is 0 Å². The highest BCUT2D eigenvalue weighted by Gasteiger charge is 2.02. The summed E-state index contributed by atoms with van der Waals surface area (Å²) in [6, 6.07) is 10.7. The van der Waals surface area contributed by atoms with Gasteiger partial charge in [0.2, 0.25) is 5.91 Å². The number of rotatable bonds is 8. The summed E-state index contributed by atoms with van der Waals surface area (Å²) in [5, 5.41) is 3.33. The van der Waals surface area contributed by atoms with Gasteiger partial charge in [0.25, 0.3) is 0 Å². The number of carbonyl (C=O) groups is 1. The summed E-state index contributed by atoms with van der Waals surface area (Å²) in [6.45, 7) is 3.35. The van der Waals surface area contributed by atoms with Gasteiger partial charge < -0.3 is 15.8 Å². The van der Waals surface area contributed by atoms with Crippen LogP contribution < -0.4 is 11.1 Å². The van der Waals surface area contributed by atoms with Crippen molar-refractivity contribution in [2.45, 2.75) is 19.4 Å². The Morgan fingerprint density at radius 2 is 2.12 bits per heavy atom. The van der Waals surface area contributed by atoms with Crippen molar-refractivity contribution in [3.8, 4) is 0 Å². The van der Waals surface area contributed by atoms with E-state index in [9.17, 15) is 4.79 Å². The molecule has 1 aromatic rings. The fourth-order valence-electron chi connectivity index (χ4n) is 1.59. The normalized spacial score (nSPS) is 12.3. The van der Waals surface area contributed by atoms with E-state index < -0.39 is 5.91 Å². The highest BCUT2D eigenvalue weighted by molar-refractivity contribution is 5.74. The summed E-state index contributed by atoms with van der Waals surface area (Å²) < 4.78 is 5.06. The van der Waals surface area contributed by atoms with Crippen LogP contribution >= 0.6 is 0 Å². The molecule has 0 aliphatic heterocycles. The second kappa shape index (κ2) is 7.81. The maximum Gasteiger partial charge on any atom is 0.243 e. The fraction of sp³-hybridized carbons (Fsp3) is 0.462. The molecule has 0 aromatic heterocycles. The van der Waals surface area contributed by atoms with Crippen LogP contribution in [0.15, 0.2) is 30.3 Å². The lowest BCUT2D eigenvalue weighted by Crippen LogP contribution is -2.32. The Kier molecular flexibility index (Phi) is 6.29. The van der Waals surface area contributed by atoms with Gasteiger partial charge in [-0.3, -0.25) is 4.79 Å². The SMILES string of the molecule is CC(Cc1ccccc1)NCCOCC(N)=O. The summed E-state index contributed by atoms with van der Waals surface area (Å²) in [6.07, 6.45) is 0.983. The molecule has 4 heteroatoms. The first-order valence-corrected chi connectivity index (χ1v) is 5.82. The van der Waals surface area contributed by atoms with Crippen molar-refractivity contribution in [3.63, 3.8) is 0 Å². The van der Waals surface area contributed by atoms with E-state index in [2.05, 4.69) is 24.4 Å². The molecule has 3 N–H and O–H groups in total. The molecule has 94 valence electrons. The molecule has 4 nitrogen and oxygen atoms in total. The van der Waals surface area contributed by atoms with Crippen LogP contribution in [0.4, 0.5) is 0 Å². The summed E-state index contributed by atoms with van der Waals surface area (Å²) in [7, 11) is 0. The summed E-state index contributed by atoms with van der Waals surface area (Å²) in [5.74, 6) is -0.428. The minimum Gasteiger partial charge on any atom is -0.370 e. The van der Waals surface area contributed by atoms with Gasteiger partial charge in [-0.15, -0.1) is 0 Å². The van der Waals surface area contributed by atoms with Crippen LogP contribution in [0.5, 0.6) is 0 Å². The molecule has 1 unspecified atom stereocenters. The quantitative estimate of drug-likeness (QED) is 0.653. The molecular weight excluding hydrogens is 216 g/mol. The van der Waals surface area contributed by atoms with E-state index in [0.29, 0.717) is 12.6 Å². The van der Waals surface area contributed by atoms with Crippen molar-refractivity contribution in [1.82, 2.24) is 5.32 Å². The molecule has 1 amide bonds. The minimum atomic E-state index is -0.428. The summed E-state index contributed by atoms with van der Waals surface area (Å²) >= 11 is 0. The molecule has 0 bridgehead atoms. The standard InChI is InChI=1S/C13H20N2O2/c1-11(9-12-5-3-2-4-6-12)15-7-8-17-10-13(14)16/h2-6,11,15H,7-10H2,1H3,(H2,14,16). The monoisotopic (exact) mass is 236 g/mol. The van der Waals surface area contributed by atoms with Crippen LogP contribution in [0.3, 0.4) is 0 Å². The Hall–Kier alpha value is -1.39. The fourth-order valence-corrected chi connectivity index (χ4v) is 1.59. The molecule has 0 spiro atoms. The lowest BCUT2D eigenvalue weighted by Gasteiger charge is -2.13. The van der Waals surface area contributed by atoms with Gasteiger partial charge in [-0.05, 0) is 18.9 Å². The lowest BCUT2D eigenvalue weighted by molar-refractivity contribution is -0.122. The third-order valence-electron chi connectivity index (χ3n) is 2.37. The molecule has 0 heterocycles. The molecule has 1 aromatic carbocycles. The topological polar surface area (TPSA) is 64.3 Å². The Bertz CT molecular complexity index is 327. The van der Waals surface area contributed by atoms with Crippen molar-refractivity contribution >= 4 is 5.91 Å². The number of hydrogen-bond donors (Lipinski definition) is 2. The number of benzene rings is 1. The number of ether oxygens (including phenoxy) is 1. The van der Waals surface area contributed by atoms with Gasteiger partial charge in [0.15, 0.2) is 0 Å². The molecule has 17 heavy (non-hydrogen) atoms. The van der Waals surface area contributed by atoms with Crippen molar-refractivity contribution in [2.24, 2.45) is 5.73 Å². The Morgan fingerprint density at radius 3 is 2.76 bits per heavy atom. The highest BCUT2D eigenvalue weighted by atomic mass is 16.5. The number of primary amides is 1. The maximum atomic E-state index is 10.4. The molecule has 0 saturated heterocycles. The van der Waals surface area contributed by atoms with Gasteiger partial charge in [0.1, 0.15) is 6.61 Å². The van der Waals surface area contributed by atoms with Crippen molar-refractivity contribution in [2.75, 3.05) is 19.8 Å².